The summed E-state index contributed by atoms with van der Waals surface area (Å²) in [6.07, 6.45) is 0. The van der Waals surface area contributed by atoms with Crippen LogP contribution in [0.3, 0.4) is 0 Å². The Bertz CT molecular complexity index is 334. The molecule has 0 atom stereocenters. The van der Waals surface area contributed by atoms with Crippen molar-refractivity contribution in [1.82, 2.24) is 9.80 Å². The number of nitrogens with zero attached hydrogens (tertiary/aromatic N) is 2. The van der Waals surface area contributed by atoms with Gasteiger partial charge in [0.25, 0.3) is 0 Å². The van der Waals surface area contributed by atoms with Gasteiger partial charge < -0.3 is 23.3 Å². The maximum atomic E-state index is 10.6. The van der Waals surface area contributed by atoms with E-state index in [9.17, 15) is 19.2 Å². The Kier molecular flexibility index (Phi) is 17.6. The van der Waals surface area contributed by atoms with Gasteiger partial charge in [-0.25, -0.2) is 0 Å². The number of carbonyl (C=O) groups is 4. The van der Waals surface area contributed by atoms with E-state index in [1.165, 1.54) is 0 Å². The van der Waals surface area contributed by atoms with Crippen LogP contribution in [0, 0.1) is 0 Å². The zero-order valence-electron chi connectivity index (χ0n) is 14.2. The van der Waals surface area contributed by atoms with Crippen LogP contribution in [0.4, 0.5) is 0 Å². The summed E-state index contributed by atoms with van der Waals surface area (Å²) in [7, 11) is 0. The van der Waals surface area contributed by atoms with E-state index in [-0.39, 0.29) is 39.0 Å². The fraction of sp³-hybridized carbons (Fsp3) is 0.600. The number of hydrogen-bond donors (Lipinski definition) is 6. The van der Waals surface area contributed by atoms with Gasteiger partial charge in [0.15, 0.2) is 0 Å². The standard InChI is InChI=1S/C10H16N2O8.Mg.H2O2.2H/c13-7(14)3-11(4-8(15)16)1-2-12(5-9(17)18)6-10(19)20;;1-2;;/h1-6H2,(H,13,14)(H,15,16)(H,17,18)(H,19,20);;1-2H;;/q;+2;;2*-1. The van der Waals surface area contributed by atoms with E-state index < -0.39 is 50.1 Å². The number of carboxylic acids is 4. The van der Waals surface area contributed by atoms with Gasteiger partial charge in [0.05, 0.1) is 26.2 Å². The molecule has 132 valence electrons. The summed E-state index contributed by atoms with van der Waals surface area (Å²) >= 11 is 0. The molecule has 0 aliphatic rings. The predicted molar refractivity (Wildman–Crippen MR) is 76.7 cm³/mol. The average molecular weight is 353 g/mol. The average Bonchev–Trinajstić information content (AvgIpc) is 2.35. The molecule has 0 saturated carbocycles. The molecule has 0 saturated heterocycles. The molecule has 0 aliphatic carbocycles. The van der Waals surface area contributed by atoms with Gasteiger partial charge in [-0.05, 0) is 0 Å². The van der Waals surface area contributed by atoms with Gasteiger partial charge in [0.2, 0.25) is 0 Å². The van der Waals surface area contributed by atoms with Gasteiger partial charge >= 0.3 is 46.9 Å². The largest absolute Gasteiger partial charge is 2.00 e. The monoisotopic (exact) mass is 352 g/mol. The SMILES string of the molecule is O=C(O)CN(CCN(CC(=O)O)CC(=O)O)CC(=O)O.OO.[H-].[H-].[Mg+2]. The number of aliphatic carboxylic acids is 4. The Morgan fingerprint density at radius 1 is 0.609 bits per heavy atom. The van der Waals surface area contributed by atoms with Gasteiger partial charge in [0.1, 0.15) is 0 Å². The molecule has 0 radical (unpaired) electrons. The van der Waals surface area contributed by atoms with Crippen LogP contribution in [0.2, 0.25) is 0 Å². The molecule has 0 heterocycles. The van der Waals surface area contributed by atoms with E-state index >= 15 is 0 Å². The fourth-order valence-corrected chi connectivity index (χ4v) is 1.48. The second-order valence-corrected chi connectivity index (χ2v) is 4.00. The second kappa shape index (κ2) is 15.4. The third kappa shape index (κ3) is 18.4. The molecule has 0 aromatic heterocycles. The van der Waals surface area contributed by atoms with Crippen molar-refractivity contribution in [3.63, 3.8) is 0 Å². The summed E-state index contributed by atoms with van der Waals surface area (Å²) in [5.74, 6) is -4.91. The fourth-order valence-electron chi connectivity index (χ4n) is 1.48. The van der Waals surface area contributed by atoms with Gasteiger partial charge in [0, 0.05) is 13.1 Å². The van der Waals surface area contributed by atoms with E-state index in [2.05, 4.69) is 0 Å². The molecule has 6 N–H and O–H groups in total. The van der Waals surface area contributed by atoms with Crippen LogP contribution >= 0.6 is 0 Å². The van der Waals surface area contributed by atoms with E-state index in [1.807, 2.05) is 0 Å². The van der Waals surface area contributed by atoms with Crippen molar-refractivity contribution in [3.05, 3.63) is 0 Å². The van der Waals surface area contributed by atoms with Crippen molar-refractivity contribution in [2.24, 2.45) is 0 Å². The van der Waals surface area contributed by atoms with Crippen molar-refractivity contribution < 1.29 is 53.0 Å². The van der Waals surface area contributed by atoms with E-state index in [4.69, 9.17) is 30.9 Å². The molecule has 12 nitrogen and oxygen atoms in total. The number of rotatable bonds is 11. The summed E-state index contributed by atoms with van der Waals surface area (Å²) in [4.78, 5) is 44.4. The van der Waals surface area contributed by atoms with E-state index in [1.54, 1.807) is 0 Å². The summed E-state index contributed by atoms with van der Waals surface area (Å²) in [6, 6.07) is 0. The first-order valence-electron chi connectivity index (χ1n) is 5.72. The first-order valence-corrected chi connectivity index (χ1v) is 5.72. The second-order valence-electron chi connectivity index (χ2n) is 4.00. The molecule has 0 unspecified atom stereocenters. The Balaban J connectivity index is -0.000000256. The maximum absolute atomic E-state index is 10.6. The van der Waals surface area contributed by atoms with E-state index in [0.29, 0.717) is 0 Å². The summed E-state index contributed by atoms with van der Waals surface area (Å²) < 4.78 is 0. The van der Waals surface area contributed by atoms with Gasteiger partial charge in [-0.3, -0.25) is 39.5 Å². The third-order valence-corrected chi connectivity index (χ3v) is 2.17. The van der Waals surface area contributed by atoms with Crippen molar-refractivity contribution >= 4 is 46.9 Å². The molecule has 0 fully saturated rings. The molecule has 23 heavy (non-hydrogen) atoms. The molecule has 0 amide bonds. The third-order valence-electron chi connectivity index (χ3n) is 2.17. The van der Waals surface area contributed by atoms with Crippen LogP contribution in [0.15, 0.2) is 0 Å². The normalized spacial score (nSPS) is 9.57. The van der Waals surface area contributed by atoms with Crippen molar-refractivity contribution in [3.8, 4) is 0 Å². The van der Waals surface area contributed by atoms with Crippen molar-refractivity contribution in [1.29, 1.82) is 0 Å². The quantitative estimate of drug-likeness (QED) is 0.133. The van der Waals surface area contributed by atoms with Crippen LogP contribution in [0.25, 0.3) is 0 Å². The molecule has 0 rings (SSSR count). The van der Waals surface area contributed by atoms with Crippen LogP contribution in [-0.4, -0.2) is 127 Å². The minimum absolute atomic E-state index is 0. The van der Waals surface area contributed by atoms with Crippen LogP contribution in [0.5, 0.6) is 0 Å². The molecule has 0 bridgehead atoms. The van der Waals surface area contributed by atoms with Gasteiger partial charge in [-0.2, -0.15) is 0 Å². The Labute approximate surface area is 149 Å². The smallest absolute Gasteiger partial charge is 1.00 e. The molecule has 0 aliphatic heterocycles. The van der Waals surface area contributed by atoms with Gasteiger partial charge in [-0.1, -0.05) is 0 Å². The van der Waals surface area contributed by atoms with Crippen molar-refractivity contribution in [2.45, 2.75) is 0 Å². The molecule has 0 spiro atoms. The Morgan fingerprint density at radius 2 is 0.783 bits per heavy atom. The molecular formula is C10H20MgN2O10. The van der Waals surface area contributed by atoms with Crippen molar-refractivity contribution in [2.75, 3.05) is 39.3 Å². The zero-order chi connectivity index (χ0) is 17.7. The minimum atomic E-state index is -1.23. The van der Waals surface area contributed by atoms with Crippen LogP contribution in [-0.2, 0) is 19.2 Å². The molecule has 13 heteroatoms. The van der Waals surface area contributed by atoms with Gasteiger partial charge in [-0.15, -0.1) is 0 Å². The topological polar surface area (TPSA) is 196 Å². The zero-order valence-corrected chi connectivity index (χ0v) is 13.6. The van der Waals surface area contributed by atoms with Crippen LogP contribution in [0.1, 0.15) is 2.85 Å². The first-order chi connectivity index (χ1) is 10.2. The summed E-state index contributed by atoms with van der Waals surface area (Å²) in [5, 5.41) is 46.5. The Hall–Kier alpha value is -1.51. The molecular weight excluding hydrogens is 332 g/mol. The van der Waals surface area contributed by atoms with Crippen LogP contribution < -0.4 is 0 Å². The maximum Gasteiger partial charge on any atom is 2.00 e. The predicted octanol–water partition coefficient (Wildman–Crippen LogP) is -2.21. The summed E-state index contributed by atoms with van der Waals surface area (Å²) in [6.45, 7) is -2.25. The number of carboxylic acid groups (broad SMARTS) is 4. The molecule has 0 aromatic carbocycles. The summed E-state index contributed by atoms with van der Waals surface area (Å²) in [5.41, 5.74) is 0. The number of hydrogen-bond acceptors (Lipinski definition) is 8. The molecule has 0 aromatic rings. The first kappa shape index (κ1) is 26.4. The Morgan fingerprint density at radius 3 is 0.913 bits per heavy atom. The van der Waals surface area contributed by atoms with E-state index in [0.717, 1.165) is 9.80 Å². The minimum Gasteiger partial charge on any atom is -1.00 e.